The van der Waals surface area contributed by atoms with Gasteiger partial charge in [-0.05, 0) is 163 Å². The highest BCUT2D eigenvalue weighted by Gasteiger charge is 2.28. The number of aryl methyl sites for hydroxylation is 3. The van der Waals surface area contributed by atoms with E-state index in [4.69, 9.17) is 0 Å². The zero-order valence-electron chi connectivity index (χ0n) is 34.5. The van der Waals surface area contributed by atoms with Crippen LogP contribution in [0.1, 0.15) is 165 Å². The molecular formula is C48H66O3. The lowest BCUT2D eigenvalue weighted by Gasteiger charge is -2.28. The predicted octanol–water partition coefficient (Wildman–Crippen LogP) is 12.5. The van der Waals surface area contributed by atoms with Gasteiger partial charge in [-0.2, -0.15) is 0 Å². The van der Waals surface area contributed by atoms with Gasteiger partial charge in [-0.1, -0.05) is 98.7 Å². The number of benzene rings is 4. The third-order valence-corrected chi connectivity index (χ3v) is 12.8. The molecule has 3 nitrogen and oxygen atoms in total. The average molecular weight is 691 g/mol. The van der Waals surface area contributed by atoms with E-state index in [9.17, 15) is 15.3 Å². The molecule has 51 heavy (non-hydrogen) atoms. The zero-order valence-corrected chi connectivity index (χ0v) is 34.5. The van der Waals surface area contributed by atoms with Gasteiger partial charge in [0.2, 0.25) is 0 Å². The summed E-state index contributed by atoms with van der Waals surface area (Å²) in [4.78, 5) is 0. The van der Waals surface area contributed by atoms with Crippen LogP contribution in [0.3, 0.4) is 0 Å². The third kappa shape index (κ3) is 7.88. The third-order valence-electron chi connectivity index (χ3n) is 12.8. The molecule has 0 aliphatic heterocycles. The molecular weight excluding hydrogens is 625 g/mol. The molecule has 3 N–H and O–H groups in total. The van der Waals surface area contributed by atoms with Crippen LogP contribution in [-0.4, -0.2) is 15.3 Å². The molecule has 0 bridgehead atoms. The monoisotopic (exact) mass is 691 g/mol. The molecule has 0 saturated carbocycles. The van der Waals surface area contributed by atoms with Crippen molar-refractivity contribution in [3.8, 4) is 17.2 Å². The lowest BCUT2D eigenvalue weighted by Crippen LogP contribution is -2.17. The molecule has 0 amide bonds. The van der Waals surface area contributed by atoms with Gasteiger partial charge in [0.15, 0.2) is 0 Å². The summed E-state index contributed by atoms with van der Waals surface area (Å²) in [6.07, 6.45) is 5.14. The highest BCUT2D eigenvalue weighted by molar-refractivity contribution is 5.58. The number of rotatable bonds is 12. The molecule has 0 atom stereocenters. The SMILES string of the molecule is CCC(C)(C)c1cc(Cc2c(C)c(Cc3cc(C)c(O)c(C(C)(C)CC)c3)c(C)c(Cc3cc(C)c(O)c(C(C)(C)CC)c3)c2C)cc(C)c1O. The molecule has 3 heteroatoms. The summed E-state index contributed by atoms with van der Waals surface area (Å²) in [7, 11) is 0. The van der Waals surface area contributed by atoms with Gasteiger partial charge >= 0.3 is 0 Å². The molecule has 0 fully saturated rings. The number of hydrogen-bond donors (Lipinski definition) is 3. The first kappa shape index (κ1) is 40.1. The maximum absolute atomic E-state index is 11.2. The van der Waals surface area contributed by atoms with Gasteiger partial charge in [0, 0.05) is 16.7 Å². The first-order valence-corrected chi connectivity index (χ1v) is 19.2. The van der Waals surface area contributed by atoms with Crippen LogP contribution in [0.15, 0.2) is 36.4 Å². The Labute approximate surface area is 310 Å². The minimum absolute atomic E-state index is 0.139. The van der Waals surface area contributed by atoms with E-state index in [2.05, 4.69) is 119 Å². The molecule has 0 aliphatic carbocycles. The molecule has 4 aromatic rings. The van der Waals surface area contributed by atoms with Gasteiger partial charge in [0.1, 0.15) is 17.2 Å². The summed E-state index contributed by atoms with van der Waals surface area (Å²) >= 11 is 0. The van der Waals surface area contributed by atoms with E-state index in [-0.39, 0.29) is 16.2 Å². The van der Waals surface area contributed by atoms with Gasteiger partial charge in [-0.3, -0.25) is 0 Å². The van der Waals surface area contributed by atoms with Crippen LogP contribution < -0.4 is 0 Å². The molecule has 0 aliphatic rings. The zero-order chi connectivity index (χ0) is 38.4. The number of hydrogen-bond acceptors (Lipinski definition) is 3. The minimum atomic E-state index is -0.139. The minimum Gasteiger partial charge on any atom is -0.507 e. The van der Waals surface area contributed by atoms with Crippen LogP contribution in [0.25, 0.3) is 0 Å². The Morgan fingerprint density at radius 1 is 0.392 bits per heavy atom. The van der Waals surface area contributed by atoms with Crippen LogP contribution in [0.2, 0.25) is 0 Å². The quantitative estimate of drug-likeness (QED) is 0.139. The molecule has 276 valence electrons. The summed E-state index contributed by atoms with van der Waals surface area (Å²) in [5.74, 6) is 1.23. The Balaban J connectivity index is 1.98. The molecule has 0 radical (unpaired) electrons. The Kier molecular flexibility index (Phi) is 11.6. The first-order valence-electron chi connectivity index (χ1n) is 19.2. The van der Waals surface area contributed by atoms with Crippen molar-refractivity contribution in [2.24, 2.45) is 0 Å². The van der Waals surface area contributed by atoms with Crippen LogP contribution in [0.4, 0.5) is 0 Å². The highest BCUT2D eigenvalue weighted by Crippen LogP contribution is 2.42. The normalized spacial score (nSPS) is 12.5. The topological polar surface area (TPSA) is 60.7 Å². The van der Waals surface area contributed by atoms with Crippen molar-refractivity contribution in [2.45, 2.75) is 159 Å². The maximum atomic E-state index is 11.2. The molecule has 0 spiro atoms. The summed E-state index contributed by atoms with van der Waals surface area (Å²) < 4.78 is 0. The molecule has 0 aromatic heterocycles. The molecule has 4 rings (SSSR count). The molecule has 4 aromatic carbocycles. The second-order valence-corrected chi connectivity index (χ2v) is 17.5. The van der Waals surface area contributed by atoms with Crippen LogP contribution in [0, 0.1) is 41.5 Å². The van der Waals surface area contributed by atoms with Gasteiger partial charge < -0.3 is 15.3 Å². The van der Waals surface area contributed by atoms with Crippen molar-refractivity contribution in [1.29, 1.82) is 0 Å². The van der Waals surface area contributed by atoms with Crippen LogP contribution >= 0.6 is 0 Å². The van der Waals surface area contributed by atoms with E-state index in [1.165, 1.54) is 50.1 Å². The van der Waals surface area contributed by atoms with Crippen molar-refractivity contribution in [2.75, 3.05) is 0 Å². The van der Waals surface area contributed by atoms with E-state index in [0.29, 0.717) is 17.2 Å². The Bertz CT molecular complexity index is 1690. The first-order chi connectivity index (χ1) is 23.6. The van der Waals surface area contributed by atoms with Crippen molar-refractivity contribution in [1.82, 2.24) is 0 Å². The van der Waals surface area contributed by atoms with E-state index < -0.39 is 0 Å². The van der Waals surface area contributed by atoms with E-state index in [1.807, 2.05) is 20.8 Å². The van der Waals surface area contributed by atoms with Crippen molar-refractivity contribution >= 4 is 0 Å². The van der Waals surface area contributed by atoms with Gasteiger partial charge in [0.25, 0.3) is 0 Å². The smallest absolute Gasteiger partial charge is 0.122 e. The lowest BCUT2D eigenvalue weighted by atomic mass is 9.77. The summed E-state index contributed by atoms with van der Waals surface area (Å²) in [5, 5.41) is 33.5. The lowest BCUT2D eigenvalue weighted by molar-refractivity contribution is 0.424. The van der Waals surface area contributed by atoms with Crippen molar-refractivity contribution < 1.29 is 15.3 Å². The molecule has 0 unspecified atom stereocenters. The number of phenolic OH excluding ortho intramolecular Hbond substituents is 3. The fourth-order valence-electron chi connectivity index (χ4n) is 7.79. The predicted molar refractivity (Wildman–Crippen MR) is 218 cm³/mol. The van der Waals surface area contributed by atoms with Crippen LogP contribution in [-0.2, 0) is 35.5 Å². The summed E-state index contributed by atoms with van der Waals surface area (Å²) in [5.41, 5.74) is 17.0. The van der Waals surface area contributed by atoms with Gasteiger partial charge in [-0.25, -0.2) is 0 Å². The van der Waals surface area contributed by atoms with Crippen molar-refractivity contribution in [3.05, 3.63) is 120 Å². The Morgan fingerprint density at radius 2 is 0.608 bits per heavy atom. The number of aromatic hydroxyl groups is 3. The molecule has 0 saturated heterocycles. The second kappa shape index (κ2) is 14.7. The summed E-state index contributed by atoms with van der Waals surface area (Å²) in [6.45, 7) is 32.8. The van der Waals surface area contributed by atoms with E-state index in [1.54, 1.807) is 0 Å². The fourth-order valence-corrected chi connectivity index (χ4v) is 7.79. The Hall–Kier alpha value is -3.72. The van der Waals surface area contributed by atoms with E-state index >= 15 is 0 Å². The second-order valence-electron chi connectivity index (χ2n) is 17.5. The number of phenols is 3. The maximum Gasteiger partial charge on any atom is 0.122 e. The van der Waals surface area contributed by atoms with Crippen molar-refractivity contribution in [3.63, 3.8) is 0 Å². The molecule has 0 heterocycles. The van der Waals surface area contributed by atoms with Crippen LogP contribution in [0.5, 0.6) is 17.2 Å². The standard InChI is InChI=1S/C48H66O3/c1-16-46(10,11)40-25-34(19-28(4)43(40)49)22-37-31(7)38(23-35-20-29(5)44(50)41(26-35)47(12,13)17-2)33(9)39(32(37)8)24-36-21-30(6)45(51)42(27-36)48(14,15)18-3/h19-21,25-27,49-51H,16-18,22-24H2,1-15H3. The van der Waals surface area contributed by atoms with Gasteiger partial charge in [-0.15, -0.1) is 0 Å². The summed E-state index contributed by atoms with van der Waals surface area (Å²) in [6, 6.07) is 13.2. The Morgan fingerprint density at radius 3 is 0.804 bits per heavy atom. The highest BCUT2D eigenvalue weighted by atomic mass is 16.3. The average Bonchev–Trinajstić information content (AvgIpc) is 3.07. The van der Waals surface area contributed by atoms with Gasteiger partial charge in [0.05, 0.1) is 0 Å². The van der Waals surface area contributed by atoms with E-state index in [0.717, 1.165) is 71.9 Å². The fraction of sp³-hybridized carbons (Fsp3) is 0.500. The largest absolute Gasteiger partial charge is 0.507 e.